The molecule has 0 aromatic carbocycles. The molecule has 1 aliphatic rings. The van der Waals surface area contributed by atoms with Crippen molar-refractivity contribution in [1.82, 2.24) is 29.1 Å². The topological polar surface area (TPSA) is 76.3 Å². The van der Waals surface area contributed by atoms with Gasteiger partial charge >= 0.3 is 0 Å². The van der Waals surface area contributed by atoms with Gasteiger partial charge in [0.1, 0.15) is 5.82 Å². The molecule has 1 fully saturated rings. The molecule has 0 atom stereocenters. The maximum absolute atomic E-state index is 12.1. The Balaban J connectivity index is 1.53. The van der Waals surface area contributed by atoms with Crippen LogP contribution in [0.1, 0.15) is 32.3 Å². The van der Waals surface area contributed by atoms with Crippen LogP contribution in [-0.2, 0) is 25.6 Å². The van der Waals surface area contributed by atoms with E-state index in [9.17, 15) is 9.59 Å². The summed E-state index contributed by atoms with van der Waals surface area (Å²) >= 11 is 0. The van der Waals surface area contributed by atoms with Crippen molar-refractivity contribution in [2.75, 3.05) is 32.7 Å². The largest absolute Gasteiger partial charge is 0.299 e. The fraction of sp³-hybridized carbons (Fsp3) is 0.600. The molecule has 0 saturated carbocycles. The molecule has 2 aromatic rings. The second kappa shape index (κ2) is 8.36. The number of aromatic nitrogens is 4. The summed E-state index contributed by atoms with van der Waals surface area (Å²) in [6, 6.07) is 4.91. The number of hydrogen-bond donors (Lipinski definition) is 0. The van der Waals surface area contributed by atoms with E-state index in [2.05, 4.69) is 40.7 Å². The van der Waals surface area contributed by atoms with Crippen molar-refractivity contribution in [2.45, 2.75) is 39.3 Å². The van der Waals surface area contributed by atoms with Gasteiger partial charge in [0.15, 0.2) is 0 Å². The van der Waals surface area contributed by atoms with E-state index in [0.717, 1.165) is 44.2 Å². The fourth-order valence-corrected chi connectivity index (χ4v) is 3.28. The van der Waals surface area contributed by atoms with E-state index in [0.29, 0.717) is 13.1 Å². The molecule has 2 aromatic heterocycles. The van der Waals surface area contributed by atoms with E-state index in [1.54, 1.807) is 28.6 Å². The molecule has 0 spiro atoms. The van der Waals surface area contributed by atoms with Crippen molar-refractivity contribution in [3.63, 3.8) is 0 Å². The molecule has 0 unspecified atom stereocenters. The minimum absolute atomic E-state index is 0.0286. The predicted octanol–water partition coefficient (Wildman–Crippen LogP) is 0.452. The summed E-state index contributed by atoms with van der Waals surface area (Å²) in [6.45, 7) is 12.0. The first-order chi connectivity index (χ1) is 13.2. The predicted molar refractivity (Wildman–Crippen MR) is 108 cm³/mol. The Kier molecular flexibility index (Phi) is 6.10. The highest BCUT2D eigenvalue weighted by Crippen LogP contribution is 2.18. The smallest absolute Gasteiger partial charge is 0.266 e. The maximum atomic E-state index is 12.1. The maximum Gasteiger partial charge on any atom is 0.266 e. The molecule has 0 N–H and O–H groups in total. The zero-order valence-corrected chi connectivity index (χ0v) is 17.3. The number of piperazine rings is 1. The van der Waals surface area contributed by atoms with E-state index >= 15 is 0 Å². The molecule has 152 valence electrons. The van der Waals surface area contributed by atoms with Crippen LogP contribution in [0.2, 0.25) is 0 Å². The first kappa shape index (κ1) is 20.4. The molecule has 0 radical (unpaired) electrons. The molecule has 0 amide bonds. The summed E-state index contributed by atoms with van der Waals surface area (Å²) < 4.78 is 3.18. The van der Waals surface area contributed by atoms with Crippen LogP contribution < -0.4 is 11.1 Å². The molecule has 1 saturated heterocycles. The van der Waals surface area contributed by atoms with Gasteiger partial charge in [0, 0.05) is 63.5 Å². The molecular formula is C20H30N6O2. The van der Waals surface area contributed by atoms with Crippen LogP contribution in [-0.4, -0.2) is 61.9 Å². The van der Waals surface area contributed by atoms with Gasteiger partial charge in [0.05, 0.1) is 18.8 Å². The van der Waals surface area contributed by atoms with Crippen molar-refractivity contribution >= 4 is 0 Å². The van der Waals surface area contributed by atoms with Crippen LogP contribution in [0.15, 0.2) is 34.0 Å². The van der Waals surface area contributed by atoms with E-state index in [4.69, 9.17) is 0 Å². The number of rotatable bonds is 5. The summed E-state index contributed by atoms with van der Waals surface area (Å²) in [5.41, 5.74) is 0.770. The molecule has 3 heterocycles. The van der Waals surface area contributed by atoms with Crippen LogP contribution in [0, 0.1) is 0 Å². The third-order valence-electron chi connectivity index (χ3n) is 5.25. The highest BCUT2D eigenvalue weighted by molar-refractivity contribution is 5.10. The molecule has 0 aliphatic carbocycles. The van der Waals surface area contributed by atoms with Crippen molar-refractivity contribution < 1.29 is 0 Å². The van der Waals surface area contributed by atoms with Gasteiger partial charge < -0.3 is 0 Å². The Morgan fingerprint density at radius 3 is 2.29 bits per heavy atom. The molecule has 1 aliphatic heterocycles. The van der Waals surface area contributed by atoms with Crippen molar-refractivity contribution in [1.29, 1.82) is 0 Å². The molecule has 3 rings (SSSR count). The van der Waals surface area contributed by atoms with Gasteiger partial charge in [0.2, 0.25) is 0 Å². The third kappa shape index (κ3) is 4.94. The minimum Gasteiger partial charge on any atom is -0.299 e. The number of nitrogens with zero attached hydrogens (tertiary/aromatic N) is 6. The Labute approximate surface area is 165 Å². The Hall–Kier alpha value is -2.32. The van der Waals surface area contributed by atoms with Gasteiger partial charge in [-0.25, -0.2) is 9.67 Å². The third-order valence-corrected chi connectivity index (χ3v) is 5.25. The lowest BCUT2D eigenvalue weighted by Gasteiger charge is -2.34. The van der Waals surface area contributed by atoms with Crippen molar-refractivity contribution in [3.05, 3.63) is 56.6 Å². The minimum atomic E-state index is -0.0767. The van der Waals surface area contributed by atoms with Crippen LogP contribution in [0.5, 0.6) is 0 Å². The van der Waals surface area contributed by atoms with Crippen LogP contribution in [0.4, 0.5) is 0 Å². The first-order valence-corrected chi connectivity index (χ1v) is 9.78. The summed E-state index contributed by atoms with van der Waals surface area (Å²) in [5, 5.41) is 4.54. The monoisotopic (exact) mass is 386 g/mol. The molecule has 8 nitrogen and oxygen atoms in total. The van der Waals surface area contributed by atoms with E-state index < -0.39 is 0 Å². The summed E-state index contributed by atoms with van der Waals surface area (Å²) in [7, 11) is 1.76. The summed E-state index contributed by atoms with van der Waals surface area (Å²) in [4.78, 5) is 32.8. The normalized spacial score (nSPS) is 16.4. The van der Waals surface area contributed by atoms with Gasteiger partial charge in [0.25, 0.3) is 11.1 Å². The molecule has 8 heteroatoms. The van der Waals surface area contributed by atoms with Crippen LogP contribution in [0.3, 0.4) is 0 Å². The Morgan fingerprint density at radius 2 is 1.61 bits per heavy atom. The van der Waals surface area contributed by atoms with Crippen molar-refractivity contribution in [3.8, 4) is 0 Å². The van der Waals surface area contributed by atoms with E-state index in [-0.39, 0.29) is 16.5 Å². The van der Waals surface area contributed by atoms with Gasteiger partial charge in [-0.15, -0.1) is 0 Å². The first-order valence-electron chi connectivity index (χ1n) is 9.78. The average Bonchev–Trinajstić information content (AvgIpc) is 2.65. The molecular weight excluding hydrogens is 356 g/mol. The lowest BCUT2D eigenvalue weighted by atomic mass is 9.92. The van der Waals surface area contributed by atoms with Gasteiger partial charge in [-0.2, -0.15) is 5.10 Å². The highest BCUT2D eigenvalue weighted by Gasteiger charge is 2.19. The fourth-order valence-electron chi connectivity index (χ4n) is 3.28. The van der Waals surface area contributed by atoms with Gasteiger partial charge in [-0.05, 0) is 6.07 Å². The zero-order valence-electron chi connectivity index (χ0n) is 17.3. The Morgan fingerprint density at radius 1 is 0.929 bits per heavy atom. The number of hydrogen-bond acceptors (Lipinski definition) is 6. The van der Waals surface area contributed by atoms with Crippen molar-refractivity contribution in [2.24, 2.45) is 7.05 Å². The van der Waals surface area contributed by atoms with Gasteiger partial charge in [-0.1, -0.05) is 20.8 Å². The standard InChI is InChI=1S/C20H30N6O2/c1-20(2,3)16-5-6-19(28)26(22-16)14-13-24-9-11-25(12-10-24)15-17-21-8-7-18(27)23(17)4/h5-8H,9-15H2,1-4H3. The Bertz CT molecular complexity index is 919. The van der Waals surface area contributed by atoms with Crippen LogP contribution in [0.25, 0.3) is 0 Å². The lowest BCUT2D eigenvalue weighted by molar-refractivity contribution is 0.119. The highest BCUT2D eigenvalue weighted by atomic mass is 16.1. The SMILES string of the molecule is Cn1c(CN2CCN(CCn3nc(C(C)(C)C)ccc3=O)CC2)nccc1=O. The second-order valence-electron chi connectivity index (χ2n) is 8.41. The van der Waals surface area contributed by atoms with Gasteiger partial charge in [-0.3, -0.25) is 24.0 Å². The average molecular weight is 387 g/mol. The quantitative estimate of drug-likeness (QED) is 0.743. The lowest BCUT2D eigenvalue weighted by Crippen LogP contribution is -2.47. The van der Waals surface area contributed by atoms with Crippen LogP contribution >= 0.6 is 0 Å². The summed E-state index contributed by atoms with van der Waals surface area (Å²) in [5.74, 6) is 0.788. The molecule has 0 bridgehead atoms. The molecule has 28 heavy (non-hydrogen) atoms. The van der Waals surface area contributed by atoms with E-state index in [1.807, 2.05) is 6.07 Å². The zero-order chi connectivity index (χ0) is 20.3. The summed E-state index contributed by atoms with van der Waals surface area (Å²) in [6.07, 6.45) is 1.57. The van der Waals surface area contributed by atoms with E-state index in [1.165, 1.54) is 6.07 Å². The second-order valence-corrected chi connectivity index (χ2v) is 8.41.